The molecule has 1 heterocycles. The second-order valence-electron chi connectivity index (χ2n) is 4.38. The Morgan fingerprint density at radius 1 is 1.33 bits per heavy atom. The molecule has 0 spiro atoms. The Balaban J connectivity index is 2.44. The number of imidazole rings is 1. The fraction of sp³-hybridized carbons (Fsp3) is 0.357. The first-order valence-electron chi connectivity index (χ1n) is 6.22. The van der Waals surface area contributed by atoms with Crippen molar-refractivity contribution in [3.63, 3.8) is 0 Å². The second-order valence-corrected chi connectivity index (χ2v) is 5.23. The first-order valence-corrected chi connectivity index (χ1v) is 7.02. The van der Waals surface area contributed by atoms with E-state index in [0.717, 1.165) is 46.8 Å². The van der Waals surface area contributed by atoms with Gasteiger partial charge in [0.1, 0.15) is 17.3 Å². The first kappa shape index (κ1) is 13.1. The average Bonchev–Trinajstić information content (AvgIpc) is 2.63. The number of nitrogen functional groups attached to an aromatic ring is 1. The van der Waals surface area contributed by atoms with Gasteiger partial charge in [0.25, 0.3) is 0 Å². The smallest absolute Gasteiger partial charge is 0.131 e. The van der Waals surface area contributed by atoms with Gasteiger partial charge in [-0.25, -0.2) is 4.98 Å². The molecule has 4 heteroatoms. The van der Waals surface area contributed by atoms with Gasteiger partial charge in [-0.3, -0.25) is 0 Å². The van der Waals surface area contributed by atoms with E-state index in [1.54, 1.807) is 0 Å². The number of rotatable bonds is 4. The summed E-state index contributed by atoms with van der Waals surface area (Å²) in [7, 11) is 0. The first-order chi connectivity index (χ1) is 8.65. The molecule has 0 bridgehead atoms. The summed E-state index contributed by atoms with van der Waals surface area (Å²) in [5.74, 6) is 1.74. The van der Waals surface area contributed by atoms with Gasteiger partial charge in [-0.15, -0.1) is 0 Å². The molecule has 2 N–H and O–H groups in total. The lowest BCUT2D eigenvalue weighted by Crippen LogP contribution is -2.04. The number of hydrogen-bond acceptors (Lipinski definition) is 2. The number of nitrogens with two attached hydrogens (primary N) is 1. The van der Waals surface area contributed by atoms with Crippen molar-refractivity contribution >= 4 is 21.7 Å². The number of unbranched alkanes of at least 4 members (excludes halogenated alkanes) is 1. The number of aryl methyl sites for hydroxylation is 1. The van der Waals surface area contributed by atoms with Crippen molar-refractivity contribution in [2.45, 2.75) is 33.2 Å². The monoisotopic (exact) mass is 307 g/mol. The molecule has 0 unspecified atom stereocenters. The van der Waals surface area contributed by atoms with Crippen molar-refractivity contribution in [2.24, 2.45) is 0 Å². The molecular weight excluding hydrogens is 290 g/mol. The summed E-state index contributed by atoms with van der Waals surface area (Å²) in [4.78, 5) is 4.60. The molecule has 0 saturated heterocycles. The Hall–Kier alpha value is -1.29. The fourth-order valence-electron chi connectivity index (χ4n) is 2.03. The van der Waals surface area contributed by atoms with Crippen molar-refractivity contribution < 1.29 is 0 Å². The summed E-state index contributed by atoms with van der Waals surface area (Å²) in [6.45, 7) is 5.12. The zero-order chi connectivity index (χ0) is 13.1. The van der Waals surface area contributed by atoms with Gasteiger partial charge in [-0.05, 0) is 19.4 Å². The quantitative estimate of drug-likeness (QED) is 0.927. The summed E-state index contributed by atoms with van der Waals surface area (Å²) < 4.78 is 3.12. The zero-order valence-corrected chi connectivity index (χ0v) is 12.4. The van der Waals surface area contributed by atoms with Gasteiger partial charge < -0.3 is 10.3 Å². The van der Waals surface area contributed by atoms with Gasteiger partial charge >= 0.3 is 0 Å². The molecule has 2 rings (SSSR count). The van der Waals surface area contributed by atoms with Crippen LogP contribution in [0.4, 0.5) is 5.82 Å². The molecule has 0 radical (unpaired) electrons. The zero-order valence-electron chi connectivity index (χ0n) is 10.8. The normalized spacial score (nSPS) is 10.8. The molecular formula is C14H18BrN3. The summed E-state index contributed by atoms with van der Waals surface area (Å²) in [5, 5.41) is 0. The van der Waals surface area contributed by atoms with E-state index in [9.17, 15) is 0 Å². The number of halogens is 1. The number of benzene rings is 1. The van der Waals surface area contributed by atoms with Crippen LogP contribution in [0.3, 0.4) is 0 Å². The Morgan fingerprint density at radius 2 is 2.06 bits per heavy atom. The Bertz CT molecular complexity index is 546. The summed E-state index contributed by atoms with van der Waals surface area (Å²) >= 11 is 3.55. The SMILES string of the molecule is CCCCn1c(C)nc(-c2ccccc2Br)c1N. The van der Waals surface area contributed by atoms with Gasteiger partial charge in [0.05, 0.1) is 0 Å². The van der Waals surface area contributed by atoms with E-state index in [1.807, 2.05) is 31.2 Å². The van der Waals surface area contributed by atoms with Gasteiger partial charge in [0.2, 0.25) is 0 Å². The average molecular weight is 308 g/mol. The van der Waals surface area contributed by atoms with Gasteiger partial charge in [0.15, 0.2) is 0 Å². The van der Waals surface area contributed by atoms with Crippen molar-refractivity contribution in [1.29, 1.82) is 0 Å². The van der Waals surface area contributed by atoms with Crippen LogP contribution in [0.25, 0.3) is 11.3 Å². The van der Waals surface area contributed by atoms with E-state index in [-0.39, 0.29) is 0 Å². The number of hydrogen-bond donors (Lipinski definition) is 1. The molecule has 3 nitrogen and oxygen atoms in total. The fourth-order valence-corrected chi connectivity index (χ4v) is 2.50. The molecule has 0 amide bonds. The molecule has 0 aliphatic carbocycles. The maximum absolute atomic E-state index is 6.23. The highest BCUT2D eigenvalue weighted by Gasteiger charge is 2.14. The van der Waals surface area contributed by atoms with Crippen LogP contribution in [0.2, 0.25) is 0 Å². The molecule has 18 heavy (non-hydrogen) atoms. The van der Waals surface area contributed by atoms with Crippen molar-refractivity contribution in [3.05, 3.63) is 34.6 Å². The highest BCUT2D eigenvalue weighted by Crippen LogP contribution is 2.32. The molecule has 0 saturated carbocycles. The van der Waals surface area contributed by atoms with Gasteiger partial charge in [-0.2, -0.15) is 0 Å². The summed E-state index contributed by atoms with van der Waals surface area (Å²) in [6.07, 6.45) is 2.28. The van der Waals surface area contributed by atoms with Crippen LogP contribution in [-0.4, -0.2) is 9.55 Å². The van der Waals surface area contributed by atoms with Crippen LogP contribution in [0.15, 0.2) is 28.7 Å². The second kappa shape index (κ2) is 5.57. The van der Waals surface area contributed by atoms with Crippen LogP contribution < -0.4 is 5.73 Å². The topological polar surface area (TPSA) is 43.8 Å². The van der Waals surface area contributed by atoms with Gasteiger partial charge in [0, 0.05) is 16.6 Å². The Kier molecular flexibility index (Phi) is 4.07. The predicted molar refractivity (Wildman–Crippen MR) is 79.4 cm³/mol. The number of anilines is 1. The lowest BCUT2D eigenvalue weighted by Gasteiger charge is -2.07. The number of nitrogens with zero attached hydrogens (tertiary/aromatic N) is 2. The van der Waals surface area contributed by atoms with E-state index in [0.29, 0.717) is 0 Å². The van der Waals surface area contributed by atoms with Crippen LogP contribution in [0.5, 0.6) is 0 Å². The molecule has 1 aromatic carbocycles. The third-order valence-electron chi connectivity index (χ3n) is 3.06. The Labute approximate surface area is 116 Å². The maximum atomic E-state index is 6.23. The van der Waals surface area contributed by atoms with Crippen LogP contribution in [0, 0.1) is 6.92 Å². The molecule has 96 valence electrons. The van der Waals surface area contributed by atoms with Crippen LogP contribution in [0.1, 0.15) is 25.6 Å². The molecule has 1 aromatic heterocycles. The van der Waals surface area contributed by atoms with E-state index in [2.05, 4.69) is 32.4 Å². The Morgan fingerprint density at radius 3 is 2.72 bits per heavy atom. The third-order valence-corrected chi connectivity index (χ3v) is 3.75. The molecule has 0 fully saturated rings. The summed E-state index contributed by atoms with van der Waals surface area (Å²) in [5.41, 5.74) is 8.15. The minimum atomic E-state index is 0.757. The van der Waals surface area contributed by atoms with E-state index >= 15 is 0 Å². The lowest BCUT2D eigenvalue weighted by molar-refractivity contribution is 0.622. The molecule has 0 aliphatic rings. The van der Waals surface area contributed by atoms with Crippen molar-refractivity contribution in [1.82, 2.24) is 9.55 Å². The van der Waals surface area contributed by atoms with Gasteiger partial charge in [-0.1, -0.05) is 47.5 Å². The highest BCUT2D eigenvalue weighted by atomic mass is 79.9. The highest BCUT2D eigenvalue weighted by molar-refractivity contribution is 9.10. The van der Waals surface area contributed by atoms with Crippen molar-refractivity contribution in [2.75, 3.05) is 5.73 Å². The molecule has 0 atom stereocenters. The van der Waals surface area contributed by atoms with E-state index in [1.165, 1.54) is 0 Å². The minimum absolute atomic E-state index is 0.757. The lowest BCUT2D eigenvalue weighted by atomic mass is 10.1. The number of aromatic nitrogens is 2. The third kappa shape index (κ3) is 2.43. The van der Waals surface area contributed by atoms with E-state index < -0.39 is 0 Å². The minimum Gasteiger partial charge on any atom is -0.383 e. The van der Waals surface area contributed by atoms with Crippen molar-refractivity contribution in [3.8, 4) is 11.3 Å². The molecule has 0 aliphatic heterocycles. The standard InChI is InChI=1S/C14H18BrN3/c1-3-4-9-18-10(2)17-13(14(18)16)11-7-5-6-8-12(11)15/h5-8H,3-4,9,16H2,1-2H3. The van der Waals surface area contributed by atoms with Crippen LogP contribution in [-0.2, 0) is 6.54 Å². The maximum Gasteiger partial charge on any atom is 0.131 e. The molecule has 2 aromatic rings. The summed E-state index contributed by atoms with van der Waals surface area (Å²) in [6, 6.07) is 8.03. The largest absolute Gasteiger partial charge is 0.383 e. The van der Waals surface area contributed by atoms with Crippen LogP contribution >= 0.6 is 15.9 Å². The van der Waals surface area contributed by atoms with E-state index in [4.69, 9.17) is 5.73 Å². The predicted octanol–water partition coefficient (Wildman–Crippen LogP) is 4.00.